The largest absolute Gasteiger partial charge is 0.481 e. The van der Waals surface area contributed by atoms with Crippen molar-refractivity contribution in [3.63, 3.8) is 0 Å². The Hall–Kier alpha value is -1.65. The second-order valence-electron chi connectivity index (χ2n) is 5.97. The van der Waals surface area contributed by atoms with E-state index < -0.39 is 11.4 Å². The maximum absolute atomic E-state index is 11.3. The van der Waals surface area contributed by atoms with Gasteiger partial charge in [-0.1, -0.05) is 17.7 Å². The van der Waals surface area contributed by atoms with Crippen molar-refractivity contribution < 1.29 is 9.90 Å². The van der Waals surface area contributed by atoms with Crippen LogP contribution in [0.1, 0.15) is 18.9 Å². The number of aliphatic carboxylic acids is 1. The highest BCUT2D eigenvalue weighted by atomic mass is 35.5. The molecule has 1 saturated heterocycles. The van der Waals surface area contributed by atoms with Crippen molar-refractivity contribution in [3.8, 4) is 0 Å². The van der Waals surface area contributed by atoms with Crippen molar-refractivity contribution in [2.45, 2.75) is 19.9 Å². The van der Waals surface area contributed by atoms with Gasteiger partial charge in [0.1, 0.15) is 0 Å². The lowest BCUT2D eigenvalue weighted by atomic mass is 9.90. The molecular weight excluding hydrogens is 288 g/mol. The number of aromatic nitrogens is 1. The zero-order chi connectivity index (χ0) is 15.0. The van der Waals surface area contributed by atoms with E-state index in [1.807, 2.05) is 31.2 Å². The summed E-state index contributed by atoms with van der Waals surface area (Å²) in [7, 11) is 0. The summed E-state index contributed by atoms with van der Waals surface area (Å²) in [6, 6.07) is 7.70. The first kappa shape index (κ1) is 14.3. The van der Waals surface area contributed by atoms with Crippen LogP contribution in [0.4, 0.5) is 0 Å². The fraction of sp³-hybridized carbons (Fsp3) is 0.375. The van der Waals surface area contributed by atoms with Crippen molar-refractivity contribution >= 4 is 28.5 Å². The van der Waals surface area contributed by atoms with E-state index in [-0.39, 0.29) is 0 Å². The summed E-state index contributed by atoms with van der Waals surface area (Å²) in [5, 5.41) is 11.0. The van der Waals surface area contributed by atoms with Gasteiger partial charge in [0.25, 0.3) is 0 Å². The standard InChI is InChI=1S/C16H17ClN2O2/c1-16(15(20)21)4-6-19(10-16)9-12-8-13(17)7-11-3-2-5-18-14(11)12/h2-3,5,7-8H,4,6,9-10H2,1H3,(H,20,21). The second kappa shape index (κ2) is 5.28. The monoisotopic (exact) mass is 304 g/mol. The van der Waals surface area contributed by atoms with Crippen molar-refractivity contribution in [1.82, 2.24) is 9.88 Å². The quantitative estimate of drug-likeness (QED) is 0.946. The van der Waals surface area contributed by atoms with Crippen molar-refractivity contribution in [3.05, 3.63) is 41.0 Å². The Balaban J connectivity index is 1.88. The molecule has 1 aliphatic heterocycles. The lowest BCUT2D eigenvalue weighted by Crippen LogP contribution is -2.31. The van der Waals surface area contributed by atoms with Crippen LogP contribution >= 0.6 is 11.6 Å². The molecule has 0 radical (unpaired) electrons. The van der Waals surface area contributed by atoms with E-state index in [1.165, 1.54) is 0 Å². The molecule has 1 atom stereocenters. The second-order valence-corrected chi connectivity index (χ2v) is 6.40. The van der Waals surface area contributed by atoms with Crippen molar-refractivity contribution in [2.75, 3.05) is 13.1 Å². The first-order valence-corrected chi connectivity index (χ1v) is 7.35. The molecule has 1 fully saturated rings. The molecule has 2 heterocycles. The topological polar surface area (TPSA) is 53.4 Å². The van der Waals surface area contributed by atoms with Gasteiger partial charge in [-0.15, -0.1) is 0 Å². The van der Waals surface area contributed by atoms with Gasteiger partial charge in [0.05, 0.1) is 10.9 Å². The highest BCUT2D eigenvalue weighted by Crippen LogP contribution is 2.32. The summed E-state index contributed by atoms with van der Waals surface area (Å²) in [6.07, 6.45) is 2.44. The van der Waals surface area contributed by atoms with Crippen molar-refractivity contribution in [1.29, 1.82) is 0 Å². The zero-order valence-electron chi connectivity index (χ0n) is 11.8. The normalized spacial score (nSPS) is 22.8. The van der Waals surface area contributed by atoms with Gasteiger partial charge in [-0.25, -0.2) is 0 Å². The maximum Gasteiger partial charge on any atom is 0.310 e. The molecule has 1 aromatic carbocycles. The third-order valence-corrected chi connectivity index (χ3v) is 4.43. The van der Waals surface area contributed by atoms with Crippen LogP contribution in [0.25, 0.3) is 10.9 Å². The Kier molecular flexibility index (Phi) is 3.59. The number of rotatable bonds is 3. The number of carboxylic acid groups (broad SMARTS) is 1. The fourth-order valence-electron chi connectivity index (χ4n) is 2.96. The molecule has 1 aliphatic rings. The van der Waals surface area contributed by atoms with Gasteiger partial charge >= 0.3 is 5.97 Å². The Morgan fingerprint density at radius 1 is 1.52 bits per heavy atom. The highest BCUT2D eigenvalue weighted by Gasteiger charge is 2.40. The number of fused-ring (bicyclic) bond motifs is 1. The fourth-order valence-corrected chi connectivity index (χ4v) is 3.20. The van der Waals surface area contributed by atoms with E-state index >= 15 is 0 Å². The van der Waals surface area contributed by atoms with Crippen LogP contribution in [0.15, 0.2) is 30.5 Å². The highest BCUT2D eigenvalue weighted by molar-refractivity contribution is 6.31. The number of benzene rings is 1. The molecule has 1 N–H and O–H groups in total. The Morgan fingerprint density at radius 3 is 3.05 bits per heavy atom. The number of halogens is 1. The van der Waals surface area contributed by atoms with Gasteiger partial charge in [0, 0.05) is 29.7 Å². The predicted octanol–water partition coefficient (Wildman–Crippen LogP) is 3.18. The number of likely N-dealkylation sites (tertiary alicyclic amines) is 1. The van der Waals surface area contributed by atoms with E-state index in [1.54, 1.807) is 6.20 Å². The smallest absolute Gasteiger partial charge is 0.310 e. The third-order valence-electron chi connectivity index (χ3n) is 4.21. The molecule has 1 unspecified atom stereocenters. The van der Waals surface area contributed by atoms with Crippen LogP contribution in [0.2, 0.25) is 5.02 Å². The van der Waals surface area contributed by atoms with Crippen LogP contribution < -0.4 is 0 Å². The molecular formula is C16H17ClN2O2. The maximum atomic E-state index is 11.3. The molecule has 0 bridgehead atoms. The molecule has 0 spiro atoms. The van der Waals surface area contributed by atoms with Crippen LogP contribution in [-0.2, 0) is 11.3 Å². The average molecular weight is 305 g/mol. The van der Waals surface area contributed by atoms with Gasteiger partial charge in [0.2, 0.25) is 0 Å². The minimum Gasteiger partial charge on any atom is -0.481 e. The number of carbonyl (C=O) groups is 1. The summed E-state index contributed by atoms with van der Waals surface area (Å²) in [5.74, 6) is -0.723. The van der Waals surface area contributed by atoms with Gasteiger partial charge in [-0.3, -0.25) is 14.7 Å². The van der Waals surface area contributed by atoms with Crippen LogP contribution in [-0.4, -0.2) is 34.0 Å². The molecule has 2 aromatic rings. The summed E-state index contributed by atoms with van der Waals surface area (Å²) in [6.45, 7) is 3.83. The number of hydrogen-bond acceptors (Lipinski definition) is 3. The van der Waals surface area contributed by atoms with Gasteiger partial charge in [-0.2, -0.15) is 0 Å². The third kappa shape index (κ3) is 2.74. The summed E-state index contributed by atoms with van der Waals surface area (Å²) in [5.41, 5.74) is 1.33. The SMILES string of the molecule is CC1(C(=O)O)CCN(Cc2cc(Cl)cc3cccnc23)C1. The van der Waals surface area contributed by atoms with Gasteiger partial charge in [0.15, 0.2) is 0 Å². The van der Waals surface area contributed by atoms with Gasteiger partial charge < -0.3 is 5.11 Å². The minimum atomic E-state index is -0.723. The molecule has 110 valence electrons. The van der Waals surface area contributed by atoms with E-state index in [0.717, 1.165) is 23.0 Å². The average Bonchev–Trinajstić information content (AvgIpc) is 2.81. The molecule has 4 nitrogen and oxygen atoms in total. The minimum absolute atomic E-state index is 0.559. The lowest BCUT2D eigenvalue weighted by molar-refractivity contribution is -0.147. The number of nitrogens with zero attached hydrogens (tertiary/aromatic N) is 2. The van der Waals surface area contributed by atoms with Crippen LogP contribution in [0.5, 0.6) is 0 Å². The van der Waals surface area contributed by atoms with Crippen molar-refractivity contribution in [2.24, 2.45) is 5.41 Å². The van der Waals surface area contributed by atoms with E-state index in [9.17, 15) is 9.90 Å². The predicted molar refractivity (Wildman–Crippen MR) is 82.4 cm³/mol. The Labute approximate surface area is 128 Å². The van der Waals surface area contributed by atoms with E-state index in [0.29, 0.717) is 24.5 Å². The molecule has 3 rings (SSSR count). The Morgan fingerprint density at radius 2 is 2.33 bits per heavy atom. The lowest BCUT2D eigenvalue weighted by Gasteiger charge is -2.20. The first-order chi connectivity index (χ1) is 9.98. The van der Waals surface area contributed by atoms with Gasteiger partial charge in [-0.05, 0) is 43.7 Å². The molecule has 5 heteroatoms. The molecule has 0 saturated carbocycles. The first-order valence-electron chi connectivity index (χ1n) is 6.97. The number of carboxylic acids is 1. The van der Waals surface area contributed by atoms with E-state index in [4.69, 9.17) is 11.6 Å². The zero-order valence-corrected chi connectivity index (χ0v) is 12.6. The van der Waals surface area contributed by atoms with Crippen LogP contribution in [0.3, 0.4) is 0 Å². The summed E-state index contributed by atoms with van der Waals surface area (Å²) < 4.78 is 0. The number of hydrogen-bond donors (Lipinski definition) is 1. The molecule has 0 amide bonds. The summed E-state index contributed by atoms with van der Waals surface area (Å²) >= 11 is 6.18. The number of pyridine rings is 1. The van der Waals surface area contributed by atoms with E-state index in [2.05, 4.69) is 9.88 Å². The summed E-state index contributed by atoms with van der Waals surface area (Å²) in [4.78, 5) is 17.9. The van der Waals surface area contributed by atoms with Crippen LogP contribution in [0, 0.1) is 5.41 Å². The molecule has 21 heavy (non-hydrogen) atoms. The Bertz CT molecular complexity index is 704. The molecule has 0 aliphatic carbocycles. The molecule has 1 aromatic heterocycles.